The van der Waals surface area contributed by atoms with Crippen LogP contribution in [0, 0.1) is 0 Å². The van der Waals surface area contributed by atoms with E-state index < -0.39 is 0 Å². The van der Waals surface area contributed by atoms with Gasteiger partial charge in [-0.1, -0.05) is 0 Å². The van der Waals surface area contributed by atoms with Gasteiger partial charge < -0.3 is 20.3 Å². The van der Waals surface area contributed by atoms with Crippen molar-refractivity contribution >= 4 is 17.7 Å². The molecule has 0 atom stereocenters. The fraction of sp³-hybridized carbons (Fsp3) is 0.545. The van der Waals surface area contributed by atoms with Crippen molar-refractivity contribution in [1.82, 2.24) is 14.9 Å². The molecule has 2 rings (SSSR count). The molecule has 1 amide bonds. The van der Waals surface area contributed by atoms with E-state index in [4.69, 9.17) is 10.5 Å². The normalized spacial score (nSPS) is 16.7. The second kappa shape index (κ2) is 5.07. The molecule has 0 spiro atoms. The molecule has 1 saturated heterocycles. The maximum absolute atomic E-state index is 11.8. The number of nitrogens with zero attached hydrogens (tertiary/aromatic N) is 4. The number of aromatic nitrogens is 2. The molecule has 18 heavy (non-hydrogen) atoms. The Morgan fingerprint density at radius 3 is 2.89 bits per heavy atom. The van der Waals surface area contributed by atoms with Gasteiger partial charge in [0.25, 0.3) is 0 Å². The number of likely N-dealkylation sites (N-methyl/N-ethyl adjacent to an activating group) is 1. The highest BCUT2D eigenvalue weighted by molar-refractivity contribution is 5.81. The molecule has 7 nitrogen and oxygen atoms in total. The van der Waals surface area contributed by atoms with E-state index in [0.29, 0.717) is 18.2 Å². The van der Waals surface area contributed by atoms with Gasteiger partial charge in [-0.2, -0.15) is 9.97 Å². The molecule has 1 aromatic heterocycles. The summed E-state index contributed by atoms with van der Waals surface area (Å²) in [4.78, 5) is 23.5. The Bertz CT molecular complexity index is 451. The number of anilines is 2. The summed E-state index contributed by atoms with van der Waals surface area (Å²) in [6, 6.07) is 1.69. The van der Waals surface area contributed by atoms with E-state index >= 15 is 0 Å². The van der Waals surface area contributed by atoms with Crippen molar-refractivity contribution in [1.29, 1.82) is 0 Å². The number of methoxy groups -OCH3 is 1. The molecule has 2 heterocycles. The van der Waals surface area contributed by atoms with Gasteiger partial charge in [0.05, 0.1) is 13.7 Å². The third kappa shape index (κ3) is 2.61. The number of hydrogen-bond donors (Lipinski definition) is 1. The van der Waals surface area contributed by atoms with Gasteiger partial charge in [0.1, 0.15) is 5.82 Å². The van der Waals surface area contributed by atoms with Crippen LogP contribution in [0.1, 0.15) is 6.42 Å². The Balaban J connectivity index is 2.24. The van der Waals surface area contributed by atoms with Crippen LogP contribution < -0.4 is 15.4 Å². The summed E-state index contributed by atoms with van der Waals surface area (Å²) < 4.78 is 5.05. The van der Waals surface area contributed by atoms with Crippen LogP contribution in [-0.2, 0) is 4.79 Å². The van der Waals surface area contributed by atoms with Gasteiger partial charge in [-0.25, -0.2) is 0 Å². The van der Waals surface area contributed by atoms with Crippen LogP contribution in [0.15, 0.2) is 6.07 Å². The Morgan fingerprint density at radius 1 is 1.39 bits per heavy atom. The predicted octanol–water partition coefficient (Wildman–Crippen LogP) is -0.264. The smallest absolute Gasteiger partial charge is 0.241 e. The molecule has 2 N–H and O–H groups in total. The van der Waals surface area contributed by atoms with Gasteiger partial charge in [-0.3, -0.25) is 4.79 Å². The molecule has 0 bridgehead atoms. The zero-order valence-corrected chi connectivity index (χ0v) is 10.6. The summed E-state index contributed by atoms with van der Waals surface area (Å²) >= 11 is 0. The highest BCUT2D eigenvalue weighted by Crippen LogP contribution is 2.19. The lowest BCUT2D eigenvalue weighted by Crippen LogP contribution is -2.34. The zero-order chi connectivity index (χ0) is 13.1. The van der Waals surface area contributed by atoms with Crippen LogP contribution in [0.4, 0.5) is 11.8 Å². The molecule has 7 heteroatoms. The van der Waals surface area contributed by atoms with Crippen molar-refractivity contribution in [3.05, 3.63) is 6.07 Å². The van der Waals surface area contributed by atoms with Gasteiger partial charge in [-0.05, 0) is 6.42 Å². The third-order valence-corrected chi connectivity index (χ3v) is 2.91. The van der Waals surface area contributed by atoms with Gasteiger partial charge in [0, 0.05) is 26.2 Å². The lowest BCUT2D eigenvalue weighted by atomic mass is 10.4. The van der Waals surface area contributed by atoms with Crippen LogP contribution in [0.5, 0.6) is 5.88 Å². The van der Waals surface area contributed by atoms with E-state index in [-0.39, 0.29) is 11.9 Å². The molecule has 0 aliphatic carbocycles. The first-order chi connectivity index (χ1) is 8.60. The monoisotopic (exact) mass is 251 g/mol. The van der Waals surface area contributed by atoms with Gasteiger partial charge >= 0.3 is 0 Å². The van der Waals surface area contributed by atoms with E-state index in [1.165, 1.54) is 7.11 Å². The molecule has 98 valence electrons. The van der Waals surface area contributed by atoms with Gasteiger partial charge in [0.2, 0.25) is 17.7 Å². The molecule has 0 unspecified atom stereocenters. The number of carbonyl (C=O) groups excluding carboxylic acids is 1. The average Bonchev–Trinajstić information content (AvgIpc) is 2.51. The first-order valence-corrected chi connectivity index (χ1v) is 5.77. The standard InChI is InChI=1S/C11H17N5O2/c1-15-4-3-5-16(7-10(15)17)8-6-9(18-2)14-11(12)13-8/h6H,3-5,7H2,1-2H3,(H2,12,13,14). The quantitative estimate of drug-likeness (QED) is 0.779. The first-order valence-electron chi connectivity index (χ1n) is 5.77. The van der Waals surface area contributed by atoms with E-state index in [1.54, 1.807) is 18.0 Å². The predicted molar refractivity (Wildman–Crippen MR) is 67.5 cm³/mol. The van der Waals surface area contributed by atoms with E-state index in [1.807, 2.05) is 4.90 Å². The van der Waals surface area contributed by atoms with E-state index in [2.05, 4.69) is 9.97 Å². The average molecular weight is 251 g/mol. The highest BCUT2D eigenvalue weighted by Gasteiger charge is 2.20. The molecule has 0 aromatic carbocycles. The fourth-order valence-corrected chi connectivity index (χ4v) is 1.88. The molecular formula is C11H17N5O2. The summed E-state index contributed by atoms with van der Waals surface area (Å²) in [5.74, 6) is 1.25. The Morgan fingerprint density at radius 2 is 2.17 bits per heavy atom. The minimum atomic E-state index is 0.0728. The molecule has 0 saturated carbocycles. The number of hydrogen-bond acceptors (Lipinski definition) is 6. The van der Waals surface area contributed by atoms with Crippen molar-refractivity contribution in [2.24, 2.45) is 0 Å². The number of rotatable bonds is 2. The molecule has 1 fully saturated rings. The van der Waals surface area contributed by atoms with Crippen molar-refractivity contribution in [2.45, 2.75) is 6.42 Å². The lowest BCUT2D eigenvalue weighted by Gasteiger charge is -2.21. The summed E-state index contributed by atoms with van der Waals surface area (Å²) in [5, 5.41) is 0. The van der Waals surface area contributed by atoms with Gasteiger partial charge in [0.15, 0.2) is 0 Å². The van der Waals surface area contributed by atoms with Crippen LogP contribution >= 0.6 is 0 Å². The maximum Gasteiger partial charge on any atom is 0.241 e. The third-order valence-electron chi connectivity index (χ3n) is 2.91. The minimum Gasteiger partial charge on any atom is -0.481 e. The summed E-state index contributed by atoms with van der Waals surface area (Å²) in [7, 11) is 3.33. The van der Waals surface area contributed by atoms with E-state index in [9.17, 15) is 4.79 Å². The molecule has 1 aliphatic rings. The number of nitrogen functional groups attached to an aromatic ring is 1. The van der Waals surface area contributed by atoms with Crippen LogP contribution in [-0.4, -0.2) is 54.6 Å². The number of ether oxygens (including phenoxy) is 1. The van der Waals surface area contributed by atoms with Crippen molar-refractivity contribution in [3.8, 4) is 5.88 Å². The first kappa shape index (κ1) is 12.4. The molecular weight excluding hydrogens is 234 g/mol. The van der Waals surface area contributed by atoms with Crippen molar-refractivity contribution in [3.63, 3.8) is 0 Å². The van der Waals surface area contributed by atoms with Gasteiger partial charge in [-0.15, -0.1) is 0 Å². The largest absolute Gasteiger partial charge is 0.481 e. The van der Waals surface area contributed by atoms with Crippen molar-refractivity contribution < 1.29 is 9.53 Å². The molecule has 1 aromatic rings. The van der Waals surface area contributed by atoms with Crippen molar-refractivity contribution in [2.75, 3.05) is 44.4 Å². The summed E-state index contributed by atoms with van der Waals surface area (Å²) in [6.07, 6.45) is 0.897. The van der Waals surface area contributed by atoms with Crippen LogP contribution in [0.25, 0.3) is 0 Å². The second-order valence-corrected chi connectivity index (χ2v) is 4.22. The maximum atomic E-state index is 11.8. The fourth-order valence-electron chi connectivity index (χ4n) is 1.88. The van der Waals surface area contributed by atoms with Crippen LogP contribution in [0.2, 0.25) is 0 Å². The number of carbonyl (C=O) groups is 1. The summed E-state index contributed by atoms with van der Waals surface area (Å²) in [5.41, 5.74) is 5.62. The SMILES string of the molecule is COc1cc(N2CCCN(C)C(=O)C2)nc(N)n1. The Kier molecular flexibility index (Phi) is 3.50. The topological polar surface area (TPSA) is 84.6 Å². The minimum absolute atomic E-state index is 0.0728. The highest BCUT2D eigenvalue weighted by atomic mass is 16.5. The molecule has 0 radical (unpaired) electrons. The number of nitrogens with two attached hydrogens (primary N) is 1. The Hall–Kier alpha value is -2.05. The van der Waals surface area contributed by atoms with Crippen LogP contribution in [0.3, 0.4) is 0 Å². The second-order valence-electron chi connectivity index (χ2n) is 4.22. The lowest BCUT2D eigenvalue weighted by molar-refractivity contribution is -0.127. The summed E-state index contributed by atoms with van der Waals surface area (Å²) in [6.45, 7) is 1.82. The van der Waals surface area contributed by atoms with E-state index in [0.717, 1.165) is 19.5 Å². The Labute approximate surface area is 106 Å². The molecule has 1 aliphatic heterocycles. The number of amides is 1. The zero-order valence-electron chi connectivity index (χ0n) is 10.6.